The van der Waals surface area contributed by atoms with Crippen molar-refractivity contribution in [2.45, 2.75) is 43.7 Å². The van der Waals surface area contributed by atoms with Gasteiger partial charge in [0.1, 0.15) is 5.75 Å². The highest BCUT2D eigenvalue weighted by Crippen LogP contribution is 2.34. The van der Waals surface area contributed by atoms with Crippen LogP contribution in [0.15, 0.2) is 59.5 Å². The molecule has 2 saturated heterocycles. The van der Waals surface area contributed by atoms with Crippen LogP contribution in [0.5, 0.6) is 5.75 Å². The minimum Gasteiger partial charge on any atom is -0.494 e. The molecule has 0 aromatic heterocycles. The fourth-order valence-electron chi connectivity index (χ4n) is 4.50. The summed E-state index contributed by atoms with van der Waals surface area (Å²) in [4.78, 5) is 15.0. The Labute approximate surface area is 178 Å². The van der Waals surface area contributed by atoms with E-state index in [4.69, 9.17) is 4.74 Å². The van der Waals surface area contributed by atoms with Crippen LogP contribution in [0.3, 0.4) is 0 Å². The maximum Gasteiger partial charge on any atom is 0.243 e. The van der Waals surface area contributed by atoms with Gasteiger partial charge in [-0.1, -0.05) is 30.3 Å². The van der Waals surface area contributed by atoms with Crippen LogP contribution in [0.4, 0.5) is 0 Å². The Morgan fingerprint density at radius 2 is 1.77 bits per heavy atom. The van der Waals surface area contributed by atoms with Crippen LogP contribution >= 0.6 is 0 Å². The van der Waals surface area contributed by atoms with E-state index in [1.54, 1.807) is 28.6 Å². The monoisotopic (exact) mass is 428 g/mol. The molecule has 0 N–H and O–H groups in total. The van der Waals surface area contributed by atoms with Crippen molar-refractivity contribution in [3.8, 4) is 5.75 Å². The Hall–Kier alpha value is -2.38. The number of ether oxygens (including phenoxy) is 1. The van der Waals surface area contributed by atoms with Gasteiger partial charge in [0.05, 0.1) is 11.5 Å². The zero-order valence-electron chi connectivity index (χ0n) is 17.2. The lowest BCUT2D eigenvalue weighted by atomic mass is 9.98. The van der Waals surface area contributed by atoms with Gasteiger partial charge in [-0.2, -0.15) is 4.31 Å². The molecule has 0 aliphatic carbocycles. The fourth-order valence-corrected chi connectivity index (χ4v) is 6.02. The van der Waals surface area contributed by atoms with Gasteiger partial charge in [-0.15, -0.1) is 0 Å². The van der Waals surface area contributed by atoms with E-state index in [0.717, 1.165) is 18.4 Å². The van der Waals surface area contributed by atoms with Crippen molar-refractivity contribution in [2.75, 3.05) is 19.7 Å². The molecule has 2 unspecified atom stereocenters. The summed E-state index contributed by atoms with van der Waals surface area (Å²) in [5, 5.41) is 0. The maximum atomic E-state index is 13.3. The molecule has 0 spiro atoms. The molecule has 30 heavy (non-hydrogen) atoms. The summed E-state index contributed by atoms with van der Waals surface area (Å²) < 4.78 is 33.5. The van der Waals surface area contributed by atoms with E-state index in [-0.39, 0.29) is 22.8 Å². The second-order valence-electron chi connectivity index (χ2n) is 7.95. The zero-order valence-corrected chi connectivity index (χ0v) is 18.1. The summed E-state index contributed by atoms with van der Waals surface area (Å²) >= 11 is 0. The van der Waals surface area contributed by atoms with Crippen molar-refractivity contribution in [3.05, 3.63) is 60.2 Å². The highest BCUT2D eigenvalue weighted by Gasteiger charge is 2.44. The molecule has 6 nitrogen and oxygen atoms in total. The number of hydrogen-bond donors (Lipinski definition) is 0. The predicted octanol–water partition coefficient (Wildman–Crippen LogP) is 3.29. The van der Waals surface area contributed by atoms with Crippen LogP contribution in [0.2, 0.25) is 0 Å². The van der Waals surface area contributed by atoms with Crippen LogP contribution < -0.4 is 4.74 Å². The van der Waals surface area contributed by atoms with E-state index < -0.39 is 10.0 Å². The summed E-state index contributed by atoms with van der Waals surface area (Å²) in [5.74, 6) is 0.937. The minimum absolute atomic E-state index is 0.0855. The molecule has 2 fully saturated rings. The van der Waals surface area contributed by atoms with E-state index in [1.807, 2.05) is 42.2 Å². The van der Waals surface area contributed by atoms with Crippen molar-refractivity contribution in [1.82, 2.24) is 9.21 Å². The molecule has 2 aromatic rings. The summed E-state index contributed by atoms with van der Waals surface area (Å²) in [6, 6.07) is 16.4. The first-order chi connectivity index (χ1) is 14.5. The van der Waals surface area contributed by atoms with Gasteiger partial charge in [0.25, 0.3) is 0 Å². The number of benzene rings is 2. The Bertz CT molecular complexity index is 976. The van der Waals surface area contributed by atoms with E-state index in [0.29, 0.717) is 38.4 Å². The first-order valence-electron chi connectivity index (χ1n) is 10.6. The van der Waals surface area contributed by atoms with Gasteiger partial charge < -0.3 is 9.64 Å². The molecule has 0 saturated carbocycles. The number of carbonyl (C=O) groups excluding carboxylic acids is 1. The van der Waals surface area contributed by atoms with Crippen LogP contribution in [0, 0.1) is 5.92 Å². The molecule has 0 radical (unpaired) electrons. The van der Waals surface area contributed by atoms with Gasteiger partial charge in [-0.05, 0) is 55.5 Å². The third-order valence-electron chi connectivity index (χ3n) is 6.03. The topological polar surface area (TPSA) is 66.9 Å². The van der Waals surface area contributed by atoms with Gasteiger partial charge in [0, 0.05) is 32.1 Å². The van der Waals surface area contributed by atoms with E-state index >= 15 is 0 Å². The molecular weight excluding hydrogens is 400 g/mol. The second kappa shape index (κ2) is 8.78. The van der Waals surface area contributed by atoms with E-state index in [2.05, 4.69) is 0 Å². The smallest absolute Gasteiger partial charge is 0.243 e. The standard InChI is InChI=1S/C23H28N2O4S/c1-2-29-20-11-13-21(14-12-20)30(27,28)24-16-19-9-6-10-23(26)25(22(19)17-24)15-18-7-4-3-5-8-18/h3-5,7-8,11-14,19,22H,2,6,9-10,15-17H2,1H3. The molecule has 160 valence electrons. The number of carbonyl (C=O) groups is 1. The summed E-state index contributed by atoms with van der Waals surface area (Å²) in [6.07, 6.45) is 2.21. The third kappa shape index (κ3) is 4.23. The summed E-state index contributed by atoms with van der Waals surface area (Å²) in [5.41, 5.74) is 1.07. The van der Waals surface area contributed by atoms with Crippen molar-refractivity contribution in [3.63, 3.8) is 0 Å². The Morgan fingerprint density at radius 3 is 2.47 bits per heavy atom. The molecular formula is C23H28N2O4S. The largest absolute Gasteiger partial charge is 0.494 e. The highest BCUT2D eigenvalue weighted by atomic mass is 32.2. The average molecular weight is 429 g/mol. The number of hydrogen-bond acceptors (Lipinski definition) is 4. The zero-order chi connectivity index (χ0) is 21.1. The van der Waals surface area contributed by atoms with Crippen molar-refractivity contribution >= 4 is 15.9 Å². The van der Waals surface area contributed by atoms with Gasteiger partial charge in [0.2, 0.25) is 15.9 Å². The summed E-state index contributed by atoms with van der Waals surface area (Å²) in [6.45, 7) is 3.75. The molecule has 2 aliphatic heterocycles. The van der Waals surface area contributed by atoms with Gasteiger partial charge in [-0.3, -0.25) is 4.79 Å². The third-order valence-corrected chi connectivity index (χ3v) is 7.87. The summed E-state index contributed by atoms with van der Waals surface area (Å²) in [7, 11) is -3.61. The van der Waals surface area contributed by atoms with Crippen molar-refractivity contribution < 1.29 is 17.9 Å². The normalized spacial score (nSPS) is 22.6. The SMILES string of the molecule is CCOc1ccc(S(=O)(=O)N2CC3CCCC(=O)N(Cc4ccccc4)C3C2)cc1. The molecule has 2 atom stereocenters. The molecule has 7 heteroatoms. The predicted molar refractivity (Wildman–Crippen MR) is 114 cm³/mol. The number of fused-ring (bicyclic) bond motifs is 1. The lowest BCUT2D eigenvalue weighted by molar-refractivity contribution is -0.133. The van der Waals surface area contributed by atoms with E-state index in [1.165, 1.54) is 0 Å². The van der Waals surface area contributed by atoms with Gasteiger partial charge in [0.15, 0.2) is 0 Å². The van der Waals surface area contributed by atoms with Gasteiger partial charge in [-0.25, -0.2) is 8.42 Å². The Kier molecular flexibility index (Phi) is 6.11. The number of likely N-dealkylation sites (tertiary alicyclic amines) is 1. The lowest BCUT2D eigenvalue weighted by Crippen LogP contribution is -2.43. The van der Waals surface area contributed by atoms with Crippen LogP contribution in [0.25, 0.3) is 0 Å². The number of amides is 1. The first-order valence-corrected chi connectivity index (χ1v) is 12.0. The Morgan fingerprint density at radius 1 is 1.03 bits per heavy atom. The van der Waals surface area contributed by atoms with Crippen LogP contribution in [-0.2, 0) is 21.4 Å². The lowest BCUT2D eigenvalue weighted by Gasteiger charge is -2.30. The molecule has 2 heterocycles. The number of sulfonamides is 1. The van der Waals surface area contributed by atoms with Crippen molar-refractivity contribution in [1.29, 1.82) is 0 Å². The maximum absolute atomic E-state index is 13.3. The molecule has 4 rings (SSSR count). The fraction of sp³-hybridized carbons (Fsp3) is 0.435. The van der Waals surface area contributed by atoms with Crippen molar-refractivity contribution in [2.24, 2.45) is 5.92 Å². The quantitative estimate of drug-likeness (QED) is 0.708. The average Bonchev–Trinajstić information content (AvgIpc) is 3.12. The molecule has 2 aliphatic rings. The van der Waals surface area contributed by atoms with Gasteiger partial charge >= 0.3 is 0 Å². The van der Waals surface area contributed by atoms with Crippen LogP contribution in [0.1, 0.15) is 31.7 Å². The van der Waals surface area contributed by atoms with E-state index in [9.17, 15) is 13.2 Å². The molecule has 0 bridgehead atoms. The first kappa shape index (κ1) is 20.9. The molecule has 1 amide bonds. The number of rotatable bonds is 6. The Balaban J connectivity index is 1.55. The molecule has 2 aromatic carbocycles. The number of nitrogens with zero attached hydrogens (tertiary/aromatic N) is 2. The second-order valence-corrected chi connectivity index (χ2v) is 9.89. The minimum atomic E-state index is -3.61. The van der Waals surface area contributed by atoms with Crippen LogP contribution in [-0.4, -0.2) is 49.3 Å². The highest BCUT2D eigenvalue weighted by molar-refractivity contribution is 7.89.